The first-order chi connectivity index (χ1) is 9.13. The second-order valence-electron chi connectivity index (χ2n) is 3.70. The Kier molecular flexibility index (Phi) is 5.71. The lowest BCUT2D eigenvalue weighted by molar-refractivity contribution is -0.143. The molecule has 1 aromatic carbocycles. The summed E-state index contributed by atoms with van der Waals surface area (Å²) in [7, 11) is 1.30. The number of esters is 1. The molecule has 0 saturated heterocycles. The van der Waals surface area contributed by atoms with Gasteiger partial charge in [-0.2, -0.15) is 0 Å². The molecular formula is C14H17NO4. The predicted octanol–water partition coefficient (Wildman–Crippen LogP) is 1.23. The van der Waals surface area contributed by atoms with Gasteiger partial charge in [0.15, 0.2) is 11.5 Å². The fraction of sp³-hybridized carbons (Fsp3) is 0.357. The van der Waals surface area contributed by atoms with Crippen LogP contribution in [-0.2, 0) is 9.53 Å². The quantitative estimate of drug-likeness (QED) is 0.597. The lowest BCUT2D eigenvalue weighted by atomic mass is 10.1. The van der Waals surface area contributed by atoms with Gasteiger partial charge in [0.1, 0.15) is 6.04 Å². The SMILES string of the molecule is C#CCNC(C(=O)OC)c1ccc(O)c(OCC)c1. The van der Waals surface area contributed by atoms with Crippen molar-refractivity contribution >= 4 is 5.97 Å². The molecule has 5 heteroatoms. The van der Waals surface area contributed by atoms with Crippen molar-refractivity contribution < 1.29 is 19.4 Å². The van der Waals surface area contributed by atoms with Crippen LogP contribution in [0.4, 0.5) is 0 Å². The maximum Gasteiger partial charge on any atom is 0.327 e. The van der Waals surface area contributed by atoms with Gasteiger partial charge >= 0.3 is 5.97 Å². The van der Waals surface area contributed by atoms with E-state index in [1.807, 2.05) is 0 Å². The van der Waals surface area contributed by atoms with E-state index in [-0.39, 0.29) is 12.3 Å². The largest absolute Gasteiger partial charge is 0.504 e. The number of aromatic hydroxyl groups is 1. The van der Waals surface area contributed by atoms with Gasteiger partial charge in [-0.3, -0.25) is 5.32 Å². The molecule has 0 aliphatic carbocycles. The van der Waals surface area contributed by atoms with Crippen LogP contribution in [0.25, 0.3) is 0 Å². The molecule has 5 nitrogen and oxygen atoms in total. The molecule has 0 aliphatic heterocycles. The van der Waals surface area contributed by atoms with Gasteiger partial charge in [0.25, 0.3) is 0 Å². The summed E-state index contributed by atoms with van der Waals surface area (Å²) in [4.78, 5) is 11.7. The fourth-order valence-corrected chi connectivity index (χ4v) is 1.60. The van der Waals surface area contributed by atoms with Crippen LogP contribution >= 0.6 is 0 Å². The molecule has 1 atom stereocenters. The Labute approximate surface area is 112 Å². The number of nitrogens with one attached hydrogen (secondary N) is 1. The van der Waals surface area contributed by atoms with Gasteiger partial charge in [-0.25, -0.2) is 4.79 Å². The van der Waals surface area contributed by atoms with Crippen LogP contribution in [0, 0.1) is 12.3 Å². The molecule has 0 amide bonds. The van der Waals surface area contributed by atoms with E-state index in [4.69, 9.17) is 15.9 Å². The van der Waals surface area contributed by atoms with Gasteiger partial charge in [-0.1, -0.05) is 12.0 Å². The van der Waals surface area contributed by atoms with Gasteiger partial charge in [0.2, 0.25) is 0 Å². The summed E-state index contributed by atoms with van der Waals surface area (Å²) in [6.45, 7) is 2.45. The van der Waals surface area contributed by atoms with Crippen molar-refractivity contribution in [2.24, 2.45) is 0 Å². The molecule has 1 aromatic rings. The molecule has 19 heavy (non-hydrogen) atoms. The highest BCUT2D eigenvalue weighted by Gasteiger charge is 2.21. The van der Waals surface area contributed by atoms with Crippen molar-refractivity contribution in [2.45, 2.75) is 13.0 Å². The zero-order valence-electron chi connectivity index (χ0n) is 11.0. The highest BCUT2D eigenvalue weighted by molar-refractivity contribution is 5.78. The lowest BCUT2D eigenvalue weighted by Gasteiger charge is -2.16. The van der Waals surface area contributed by atoms with Crippen LogP contribution in [0.15, 0.2) is 18.2 Å². The number of hydrogen-bond acceptors (Lipinski definition) is 5. The topological polar surface area (TPSA) is 67.8 Å². The van der Waals surface area contributed by atoms with Crippen molar-refractivity contribution in [1.82, 2.24) is 5.32 Å². The van der Waals surface area contributed by atoms with Gasteiger partial charge in [0.05, 0.1) is 20.3 Å². The Morgan fingerprint density at radius 3 is 2.89 bits per heavy atom. The van der Waals surface area contributed by atoms with Gasteiger partial charge < -0.3 is 14.6 Å². The molecule has 102 valence electrons. The van der Waals surface area contributed by atoms with Gasteiger partial charge in [0, 0.05) is 0 Å². The predicted molar refractivity (Wildman–Crippen MR) is 70.9 cm³/mol. The highest BCUT2D eigenvalue weighted by Crippen LogP contribution is 2.29. The number of phenols is 1. The molecule has 0 aromatic heterocycles. The Bertz CT molecular complexity index is 479. The van der Waals surface area contributed by atoms with Crippen LogP contribution in [0.2, 0.25) is 0 Å². The summed E-state index contributed by atoms with van der Waals surface area (Å²) < 4.78 is 10.00. The number of carbonyl (C=O) groups is 1. The molecule has 0 radical (unpaired) electrons. The van der Waals surface area contributed by atoms with E-state index in [0.29, 0.717) is 17.9 Å². The van der Waals surface area contributed by atoms with Crippen LogP contribution in [0.3, 0.4) is 0 Å². The molecule has 2 N–H and O–H groups in total. The van der Waals surface area contributed by atoms with Crippen molar-refractivity contribution in [2.75, 3.05) is 20.3 Å². The average Bonchev–Trinajstić information content (AvgIpc) is 2.42. The summed E-state index contributed by atoms with van der Waals surface area (Å²) in [6, 6.07) is 3.97. The Morgan fingerprint density at radius 1 is 1.58 bits per heavy atom. The second kappa shape index (κ2) is 7.29. The van der Waals surface area contributed by atoms with Crippen molar-refractivity contribution in [1.29, 1.82) is 0 Å². The van der Waals surface area contributed by atoms with Crippen LogP contribution in [0.5, 0.6) is 11.5 Å². The van der Waals surface area contributed by atoms with E-state index in [1.54, 1.807) is 19.1 Å². The third-order valence-electron chi connectivity index (χ3n) is 2.46. The van der Waals surface area contributed by atoms with E-state index in [1.165, 1.54) is 13.2 Å². The molecule has 0 fully saturated rings. The number of hydrogen-bond donors (Lipinski definition) is 2. The molecule has 0 heterocycles. The summed E-state index contributed by atoms with van der Waals surface area (Å²) in [5.74, 6) is 2.28. The minimum absolute atomic E-state index is 0.0196. The summed E-state index contributed by atoms with van der Waals surface area (Å²) >= 11 is 0. The number of benzene rings is 1. The zero-order chi connectivity index (χ0) is 14.3. The molecule has 0 spiro atoms. The average molecular weight is 263 g/mol. The standard InChI is InChI=1S/C14H17NO4/c1-4-8-15-13(14(17)18-3)10-6-7-11(16)12(9-10)19-5-2/h1,6-7,9,13,15-16H,5,8H2,2-3H3. The van der Waals surface area contributed by atoms with Gasteiger partial charge in [-0.05, 0) is 24.6 Å². The van der Waals surface area contributed by atoms with Crippen LogP contribution in [0.1, 0.15) is 18.5 Å². The first-order valence-corrected chi connectivity index (χ1v) is 5.84. The third kappa shape index (κ3) is 3.90. The number of terminal acetylenes is 1. The fourth-order valence-electron chi connectivity index (χ4n) is 1.60. The monoisotopic (exact) mass is 263 g/mol. The van der Waals surface area contributed by atoms with Crippen LogP contribution < -0.4 is 10.1 Å². The number of ether oxygens (including phenoxy) is 2. The molecule has 0 saturated carbocycles. The normalized spacial score (nSPS) is 11.4. The maximum atomic E-state index is 11.7. The zero-order valence-corrected chi connectivity index (χ0v) is 11.0. The minimum Gasteiger partial charge on any atom is -0.504 e. The van der Waals surface area contributed by atoms with E-state index in [2.05, 4.69) is 11.2 Å². The highest BCUT2D eigenvalue weighted by atomic mass is 16.5. The molecule has 1 unspecified atom stereocenters. The molecular weight excluding hydrogens is 246 g/mol. The van der Waals surface area contributed by atoms with Crippen molar-refractivity contribution in [3.63, 3.8) is 0 Å². The summed E-state index contributed by atoms with van der Waals surface area (Å²) in [6.07, 6.45) is 5.17. The lowest BCUT2D eigenvalue weighted by Crippen LogP contribution is -2.29. The smallest absolute Gasteiger partial charge is 0.327 e. The summed E-state index contributed by atoms with van der Waals surface area (Å²) in [5.41, 5.74) is 0.614. The maximum absolute atomic E-state index is 11.7. The van der Waals surface area contributed by atoms with E-state index < -0.39 is 12.0 Å². The third-order valence-corrected chi connectivity index (χ3v) is 2.46. The van der Waals surface area contributed by atoms with E-state index in [0.717, 1.165) is 0 Å². The number of carbonyl (C=O) groups excluding carboxylic acids is 1. The van der Waals surface area contributed by atoms with Crippen LogP contribution in [-0.4, -0.2) is 31.3 Å². The molecule has 0 bridgehead atoms. The number of rotatable bonds is 6. The first kappa shape index (κ1) is 14.9. The Balaban J connectivity index is 3.04. The number of phenolic OH excluding ortho intramolecular Hbond substituents is 1. The van der Waals surface area contributed by atoms with Gasteiger partial charge in [-0.15, -0.1) is 6.42 Å². The van der Waals surface area contributed by atoms with E-state index in [9.17, 15) is 9.90 Å². The van der Waals surface area contributed by atoms with E-state index >= 15 is 0 Å². The Hall–Kier alpha value is -2.19. The number of methoxy groups -OCH3 is 1. The molecule has 0 aliphatic rings. The minimum atomic E-state index is -0.694. The first-order valence-electron chi connectivity index (χ1n) is 5.84. The van der Waals surface area contributed by atoms with Crippen molar-refractivity contribution in [3.05, 3.63) is 23.8 Å². The van der Waals surface area contributed by atoms with Crippen molar-refractivity contribution in [3.8, 4) is 23.8 Å². The molecule has 1 rings (SSSR count). The Morgan fingerprint density at radius 2 is 2.32 bits per heavy atom. The second-order valence-corrected chi connectivity index (χ2v) is 3.70. The summed E-state index contributed by atoms with van der Waals surface area (Å²) in [5, 5.41) is 12.5.